The highest BCUT2D eigenvalue weighted by Crippen LogP contribution is 2.36. The lowest BCUT2D eigenvalue weighted by Gasteiger charge is -2.23. The number of hydrazine groups is 1. The third kappa shape index (κ3) is 5.45. The number of amides is 1. The standard InChI is InChI=1S/C26H35N3O2.H2/c1-2-3-9-18-27-29-26(30)20-14-16-22-24(17-15-20)31-23-13-8-7-12-21(23)25(28-22)19-10-5-4-6-11-19;/h7-8,12-13,15-16,19,24,27H,2-6,9-11,14,17-18H2,1H3,(H,29,30);1H. The number of rotatable bonds is 7. The number of para-hydroxylation sites is 1. The molecule has 1 aromatic carbocycles. The number of unbranched alkanes of at least 4 members (excludes halogenated alkanes) is 2. The van der Waals surface area contributed by atoms with Gasteiger partial charge in [0.1, 0.15) is 11.9 Å². The van der Waals surface area contributed by atoms with E-state index in [9.17, 15) is 4.79 Å². The minimum Gasteiger partial charge on any atom is -0.483 e. The van der Waals surface area contributed by atoms with Gasteiger partial charge in [0.15, 0.2) is 0 Å². The zero-order chi connectivity index (χ0) is 21.5. The smallest absolute Gasteiger partial charge is 0.261 e. The van der Waals surface area contributed by atoms with Gasteiger partial charge in [-0.3, -0.25) is 15.2 Å². The van der Waals surface area contributed by atoms with Gasteiger partial charge in [0.05, 0.1) is 11.4 Å². The first kappa shape index (κ1) is 21.8. The molecule has 5 heteroatoms. The van der Waals surface area contributed by atoms with Crippen LogP contribution in [-0.2, 0) is 4.79 Å². The number of aliphatic imine (C=N–C) groups is 1. The molecule has 0 saturated heterocycles. The highest BCUT2D eigenvalue weighted by Gasteiger charge is 2.30. The minimum atomic E-state index is -0.148. The number of benzene rings is 1. The van der Waals surface area contributed by atoms with Gasteiger partial charge in [-0.25, -0.2) is 5.43 Å². The first-order valence-electron chi connectivity index (χ1n) is 12.0. The zero-order valence-electron chi connectivity index (χ0n) is 18.7. The molecule has 168 valence electrons. The van der Waals surface area contributed by atoms with E-state index in [2.05, 4.69) is 42.1 Å². The van der Waals surface area contributed by atoms with E-state index in [-0.39, 0.29) is 13.4 Å². The third-order valence-corrected chi connectivity index (χ3v) is 6.51. The Morgan fingerprint density at radius 3 is 2.84 bits per heavy atom. The maximum Gasteiger partial charge on any atom is 0.261 e. The molecular weight excluding hydrogens is 386 g/mol. The summed E-state index contributed by atoms with van der Waals surface area (Å²) in [7, 11) is 0. The Morgan fingerprint density at radius 1 is 1.16 bits per heavy atom. The largest absolute Gasteiger partial charge is 0.483 e. The highest BCUT2D eigenvalue weighted by atomic mass is 16.5. The average molecular weight is 424 g/mol. The number of hydrogen-bond donors (Lipinski definition) is 2. The van der Waals surface area contributed by atoms with Gasteiger partial charge in [0.2, 0.25) is 0 Å². The van der Waals surface area contributed by atoms with Crippen LogP contribution in [-0.4, -0.2) is 24.3 Å². The number of allylic oxidation sites excluding steroid dienone is 1. The number of nitrogens with zero attached hydrogens (tertiary/aromatic N) is 1. The minimum absolute atomic E-state index is 0. The van der Waals surface area contributed by atoms with Crippen LogP contribution < -0.4 is 15.6 Å². The number of fused-ring (bicyclic) bond motifs is 2. The van der Waals surface area contributed by atoms with E-state index in [4.69, 9.17) is 9.73 Å². The molecule has 0 aromatic heterocycles. The molecule has 3 aliphatic rings. The number of carbonyl (C=O) groups is 1. The van der Waals surface area contributed by atoms with Crippen LogP contribution in [0.2, 0.25) is 0 Å². The maximum atomic E-state index is 12.6. The molecule has 1 fully saturated rings. The molecule has 1 heterocycles. The lowest BCUT2D eigenvalue weighted by molar-refractivity contribution is -0.118. The fourth-order valence-corrected chi connectivity index (χ4v) is 4.72. The summed E-state index contributed by atoms with van der Waals surface area (Å²) >= 11 is 0. The molecular formula is C26H37N3O2. The summed E-state index contributed by atoms with van der Waals surface area (Å²) in [6, 6.07) is 8.31. The second-order valence-corrected chi connectivity index (χ2v) is 8.82. The van der Waals surface area contributed by atoms with Crippen LogP contribution in [0, 0.1) is 5.92 Å². The van der Waals surface area contributed by atoms with Crippen molar-refractivity contribution in [3.8, 4) is 5.75 Å². The predicted octanol–water partition coefficient (Wildman–Crippen LogP) is 5.48. The molecule has 0 radical (unpaired) electrons. The Balaban J connectivity index is 0.00000289. The second kappa shape index (κ2) is 10.8. The third-order valence-electron chi connectivity index (χ3n) is 6.51. The molecule has 1 aromatic rings. The van der Waals surface area contributed by atoms with Crippen LogP contribution in [0.25, 0.3) is 0 Å². The number of nitrogens with one attached hydrogen (secondary N) is 2. The quantitative estimate of drug-likeness (QED) is 0.451. The summed E-state index contributed by atoms with van der Waals surface area (Å²) in [5, 5.41) is 0. The summed E-state index contributed by atoms with van der Waals surface area (Å²) in [5.74, 6) is 1.35. The fourth-order valence-electron chi connectivity index (χ4n) is 4.72. The Bertz CT molecular complexity index is 872. The molecule has 2 aliphatic carbocycles. The molecule has 1 atom stereocenters. The van der Waals surface area contributed by atoms with Gasteiger partial charge < -0.3 is 4.74 Å². The SMILES string of the molecule is CCCCCNNC(=O)C1=CCC2Oc3ccccc3C(C3CCCCC3)=NC2=CC1.[HH]. The Hall–Kier alpha value is -2.40. The fraction of sp³-hybridized carbons (Fsp3) is 0.538. The molecule has 2 N–H and O–H groups in total. The molecule has 31 heavy (non-hydrogen) atoms. The summed E-state index contributed by atoms with van der Waals surface area (Å²) in [6.07, 6.45) is 14.8. The van der Waals surface area contributed by atoms with Crippen molar-refractivity contribution in [1.29, 1.82) is 0 Å². The van der Waals surface area contributed by atoms with E-state index in [1.54, 1.807) is 0 Å². The molecule has 1 aliphatic heterocycles. The molecule has 4 rings (SSSR count). The Labute approximate surface area is 187 Å². The summed E-state index contributed by atoms with van der Waals surface area (Å²) in [5.41, 5.74) is 9.95. The normalized spacial score (nSPS) is 21.3. The van der Waals surface area contributed by atoms with Crippen molar-refractivity contribution >= 4 is 11.6 Å². The van der Waals surface area contributed by atoms with Crippen molar-refractivity contribution in [2.75, 3.05) is 6.54 Å². The van der Waals surface area contributed by atoms with Crippen LogP contribution in [0.15, 0.2) is 52.7 Å². The van der Waals surface area contributed by atoms with Gasteiger partial charge in [0.25, 0.3) is 5.91 Å². The molecule has 1 saturated carbocycles. The maximum absolute atomic E-state index is 12.6. The van der Waals surface area contributed by atoms with Gasteiger partial charge in [-0.05, 0) is 37.8 Å². The number of carbonyl (C=O) groups excluding carboxylic acids is 1. The molecule has 1 unspecified atom stereocenters. The van der Waals surface area contributed by atoms with Crippen molar-refractivity contribution in [2.24, 2.45) is 10.9 Å². The van der Waals surface area contributed by atoms with Gasteiger partial charge in [-0.15, -0.1) is 0 Å². The van der Waals surface area contributed by atoms with Crippen molar-refractivity contribution in [3.63, 3.8) is 0 Å². The van der Waals surface area contributed by atoms with Crippen LogP contribution in [0.5, 0.6) is 5.75 Å². The summed E-state index contributed by atoms with van der Waals surface area (Å²) < 4.78 is 6.44. The van der Waals surface area contributed by atoms with Gasteiger partial charge in [0, 0.05) is 31.4 Å². The Morgan fingerprint density at radius 2 is 2.00 bits per heavy atom. The first-order chi connectivity index (χ1) is 15.3. The van der Waals surface area contributed by atoms with Crippen LogP contribution in [0.1, 0.15) is 78.1 Å². The van der Waals surface area contributed by atoms with Crippen molar-refractivity contribution in [3.05, 3.63) is 53.3 Å². The second-order valence-electron chi connectivity index (χ2n) is 8.82. The van der Waals surface area contributed by atoms with Crippen LogP contribution in [0.3, 0.4) is 0 Å². The van der Waals surface area contributed by atoms with Crippen molar-refractivity contribution < 1.29 is 11.0 Å². The van der Waals surface area contributed by atoms with E-state index < -0.39 is 0 Å². The predicted molar refractivity (Wildman–Crippen MR) is 127 cm³/mol. The highest BCUT2D eigenvalue weighted by molar-refractivity contribution is 6.05. The average Bonchev–Trinajstić information content (AvgIpc) is 3.09. The van der Waals surface area contributed by atoms with Crippen molar-refractivity contribution in [2.45, 2.75) is 77.2 Å². The molecule has 1 amide bonds. The van der Waals surface area contributed by atoms with Crippen molar-refractivity contribution in [1.82, 2.24) is 10.9 Å². The summed E-state index contributed by atoms with van der Waals surface area (Å²) in [4.78, 5) is 17.8. The van der Waals surface area contributed by atoms with E-state index >= 15 is 0 Å². The zero-order valence-corrected chi connectivity index (χ0v) is 18.7. The van der Waals surface area contributed by atoms with Crippen LogP contribution in [0.4, 0.5) is 0 Å². The van der Waals surface area contributed by atoms with Gasteiger partial charge in [-0.2, -0.15) is 0 Å². The van der Waals surface area contributed by atoms with E-state index in [1.807, 2.05) is 12.1 Å². The first-order valence-corrected chi connectivity index (χ1v) is 12.0. The molecule has 0 bridgehead atoms. The van der Waals surface area contributed by atoms with Crippen LogP contribution >= 0.6 is 0 Å². The topological polar surface area (TPSA) is 62.7 Å². The van der Waals surface area contributed by atoms with E-state index in [0.717, 1.165) is 35.5 Å². The van der Waals surface area contributed by atoms with E-state index in [1.165, 1.54) is 50.7 Å². The van der Waals surface area contributed by atoms with Gasteiger partial charge >= 0.3 is 0 Å². The number of hydrogen-bond acceptors (Lipinski definition) is 4. The molecule has 0 spiro atoms. The summed E-state index contributed by atoms with van der Waals surface area (Å²) in [6.45, 7) is 2.97. The van der Waals surface area contributed by atoms with E-state index in [0.29, 0.717) is 18.8 Å². The molecule has 5 nitrogen and oxygen atoms in total. The number of ether oxygens (including phenoxy) is 1. The monoisotopic (exact) mass is 423 g/mol. The Kier molecular flexibility index (Phi) is 7.57. The van der Waals surface area contributed by atoms with Gasteiger partial charge in [-0.1, -0.05) is 63.3 Å². The lowest BCUT2D eigenvalue weighted by atomic mass is 9.83. The lowest BCUT2D eigenvalue weighted by Crippen LogP contribution is -2.38.